The summed E-state index contributed by atoms with van der Waals surface area (Å²) in [5.41, 5.74) is 2.13. The lowest BCUT2D eigenvalue weighted by molar-refractivity contribution is -0.111. The van der Waals surface area contributed by atoms with Gasteiger partial charge in [-0.25, -0.2) is 0 Å². The first-order chi connectivity index (χ1) is 11.6. The van der Waals surface area contributed by atoms with E-state index in [0.717, 1.165) is 34.6 Å². The number of ketones is 1. The monoisotopic (exact) mass is 339 g/mol. The lowest BCUT2D eigenvalue weighted by atomic mass is 10.1. The standard InChI is InChI=1S/C18H17N3O2S/c1-4-21(5-2)13-7-6-12-8-16-17(23-15(12)9-13)20-18(24-16)14(10-19)11(3)22/h6-9H,4-5H2,1-3H3/b18-14+. The Morgan fingerprint density at radius 1 is 1.38 bits per heavy atom. The normalized spacial score (nSPS) is 12.9. The molecule has 0 N–H and O–H groups in total. The molecule has 0 amide bonds. The summed E-state index contributed by atoms with van der Waals surface area (Å²) in [6.07, 6.45) is 1.98. The number of hydrogen-bond donors (Lipinski definition) is 0. The van der Waals surface area contributed by atoms with Crippen molar-refractivity contribution in [3.05, 3.63) is 33.0 Å². The number of hydrogen-bond acceptors (Lipinski definition) is 6. The second-order valence-electron chi connectivity index (χ2n) is 5.37. The van der Waals surface area contributed by atoms with Crippen molar-refractivity contribution in [2.45, 2.75) is 20.8 Å². The number of thiazole rings is 1. The second kappa shape index (κ2) is 6.46. The number of benzene rings is 1. The van der Waals surface area contributed by atoms with Gasteiger partial charge >= 0.3 is 0 Å². The minimum atomic E-state index is -0.287. The van der Waals surface area contributed by atoms with Gasteiger partial charge in [-0.2, -0.15) is 10.2 Å². The molecule has 1 aromatic heterocycles. The zero-order valence-corrected chi connectivity index (χ0v) is 14.6. The highest BCUT2D eigenvalue weighted by Crippen LogP contribution is 2.31. The van der Waals surface area contributed by atoms with Gasteiger partial charge in [0, 0.05) is 30.4 Å². The minimum absolute atomic E-state index is 0.0688. The number of aromatic nitrogens is 1. The molecule has 1 aliphatic heterocycles. The van der Waals surface area contributed by atoms with Crippen molar-refractivity contribution in [2.75, 3.05) is 18.0 Å². The number of anilines is 1. The lowest BCUT2D eigenvalue weighted by Crippen LogP contribution is -2.21. The van der Waals surface area contributed by atoms with E-state index in [1.54, 1.807) is 0 Å². The Labute approximate surface area is 144 Å². The summed E-state index contributed by atoms with van der Waals surface area (Å²) in [5, 5.41) is 9.14. The predicted molar refractivity (Wildman–Crippen MR) is 94.7 cm³/mol. The van der Waals surface area contributed by atoms with Crippen LogP contribution >= 0.6 is 11.3 Å². The fraction of sp³-hybridized carbons (Fsp3) is 0.278. The summed E-state index contributed by atoms with van der Waals surface area (Å²) in [6, 6.07) is 8.02. The molecule has 0 atom stereocenters. The molecule has 2 heterocycles. The van der Waals surface area contributed by atoms with Gasteiger partial charge in [-0.15, -0.1) is 11.3 Å². The Kier molecular flexibility index (Phi) is 4.36. The number of carbonyl (C=O) groups is 1. The summed E-state index contributed by atoms with van der Waals surface area (Å²) in [4.78, 5) is 18.1. The van der Waals surface area contributed by atoms with Crippen molar-refractivity contribution in [2.24, 2.45) is 0 Å². The average Bonchev–Trinajstić information content (AvgIpc) is 2.96. The number of nitrogens with zero attached hydrogens (tertiary/aromatic N) is 3. The first-order valence-electron chi connectivity index (χ1n) is 7.78. The number of carbonyl (C=O) groups excluding carboxylic acids is 1. The fourth-order valence-corrected chi connectivity index (χ4v) is 3.62. The van der Waals surface area contributed by atoms with Crippen LogP contribution in [0.4, 0.5) is 5.69 Å². The summed E-state index contributed by atoms with van der Waals surface area (Å²) in [7, 11) is 0. The van der Waals surface area contributed by atoms with Crippen molar-refractivity contribution in [1.29, 1.82) is 5.26 Å². The largest absolute Gasteiger partial charge is 0.437 e. The molecule has 1 aromatic carbocycles. The van der Waals surface area contributed by atoms with Crippen LogP contribution in [-0.2, 0) is 4.79 Å². The van der Waals surface area contributed by atoms with E-state index in [1.165, 1.54) is 18.3 Å². The molecule has 0 radical (unpaired) electrons. The van der Waals surface area contributed by atoms with Crippen LogP contribution in [0.25, 0.3) is 11.6 Å². The molecule has 0 spiro atoms. The first-order valence-corrected chi connectivity index (χ1v) is 8.59. The first kappa shape index (κ1) is 16.2. The molecule has 0 unspecified atom stereocenters. The van der Waals surface area contributed by atoms with Gasteiger partial charge in [0.25, 0.3) is 0 Å². The number of rotatable bonds is 4. The molecule has 0 fully saturated rings. The highest BCUT2D eigenvalue weighted by molar-refractivity contribution is 7.08. The lowest BCUT2D eigenvalue weighted by Gasteiger charge is -2.22. The molecular formula is C18H17N3O2S. The van der Waals surface area contributed by atoms with Gasteiger partial charge in [0.2, 0.25) is 5.88 Å². The van der Waals surface area contributed by atoms with E-state index in [9.17, 15) is 4.79 Å². The van der Waals surface area contributed by atoms with Gasteiger partial charge in [0.1, 0.15) is 22.1 Å². The zero-order chi connectivity index (χ0) is 17.3. The summed E-state index contributed by atoms with van der Waals surface area (Å²) < 4.78 is 7.15. The predicted octanol–water partition coefficient (Wildman–Crippen LogP) is 2.19. The van der Waals surface area contributed by atoms with E-state index in [-0.39, 0.29) is 11.4 Å². The van der Waals surface area contributed by atoms with Crippen LogP contribution in [0.1, 0.15) is 26.3 Å². The van der Waals surface area contributed by atoms with E-state index in [4.69, 9.17) is 10.00 Å². The van der Waals surface area contributed by atoms with Crippen LogP contribution in [0.2, 0.25) is 0 Å². The minimum Gasteiger partial charge on any atom is -0.437 e. The van der Waals surface area contributed by atoms with Crippen LogP contribution in [-0.4, -0.2) is 23.9 Å². The molecular weight excluding hydrogens is 322 g/mol. The maximum Gasteiger partial charge on any atom is 0.238 e. The summed E-state index contributed by atoms with van der Waals surface area (Å²) >= 11 is 1.30. The molecule has 0 saturated heterocycles. The Balaban J connectivity index is 2.08. The van der Waals surface area contributed by atoms with Crippen molar-refractivity contribution in [1.82, 2.24) is 4.98 Å². The number of Topliss-reactive ketones (excluding diaryl/α,β-unsaturated/α-hetero) is 1. The molecule has 3 rings (SSSR count). The SMILES string of the molecule is CCN(CC)c1ccc2c(c1)Oc1n/c(=C(/C#N)C(C)=O)sc1=C2. The third-order valence-corrected chi connectivity index (χ3v) is 4.92. The van der Waals surface area contributed by atoms with Gasteiger partial charge < -0.3 is 9.64 Å². The smallest absolute Gasteiger partial charge is 0.238 e. The molecule has 0 saturated carbocycles. The van der Waals surface area contributed by atoms with Crippen molar-refractivity contribution < 1.29 is 9.53 Å². The third-order valence-electron chi connectivity index (χ3n) is 3.92. The zero-order valence-electron chi connectivity index (χ0n) is 13.8. The van der Waals surface area contributed by atoms with Crippen LogP contribution in [0.3, 0.4) is 0 Å². The van der Waals surface area contributed by atoms with E-state index in [1.807, 2.05) is 24.3 Å². The maximum absolute atomic E-state index is 11.5. The van der Waals surface area contributed by atoms with Gasteiger partial charge in [0.15, 0.2) is 5.78 Å². The molecule has 24 heavy (non-hydrogen) atoms. The molecule has 1 aliphatic rings. The summed E-state index contributed by atoms with van der Waals surface area (Å²) in [6.45, 7) is 7.44. The van der Waals surface area contributed by atoms with Crippen molar-refractivity contribution in [3.8, 4) is 17.7 Å². The Morgan fingerprint density at radius 2 is 2.12 bits per heavy atom. The number of nitriles is 1. The summed E-state index contributed by atoms with van der Waals surface area (Å²) in [5.74, 6) is 0.906. The average molecular weight is 339 g/mol. The highest BCUT2D eigenvalue weighted by atomic mass is 32.1. The van der Waals surface area contributed by atoms with Gasteiger partial charge in [0.05, 0.1) is 4.53 Å². The van der Waals surface area contributed by atoms with E-state index < -0.39 is 0 Å². The topological polar surface area (TPSA) is 66.2 Å². The third kappa shape index (κ3) is 2.79. The molecule has 5 nitrogen and oxygen atoms in total. The molecule has 2 aromatic rings. The van der Waals surface area contributed by atoms with Crippen LogP contribution in [0.15, 0.2) is 18.2 Å². The Morgan fingerprint density at radius 3 is 2.75 bits per heavy atom. The second-order valence-corrected chi connectivity index (χ2v) is 6.40. The van der Waals surface area contributed by atoms with Gasteiger partial charge in [-0.3, -0.25) is 4.79 Å². The van der Waals surface area contributed by atoms with E-state index in [0.29, 0.717) is 10.5 Å². The molecule has 122 valence electrons. The van der Waals surface area contributed by atoms with Gasteiger partial charge in [-0.05, 0) is 39.0 Å². The van der Waals surface area contributed by atoms with Crippen LogP contribution in [0.5, 0.6) is 11.6 Å². The number of ether oxygens (including phenoxy) is 1. The molecule has 6 heteroatoms. The number of fused-ring (bicyclic) bond motifs is 2. The maximum atomic E-state index is 11.5. The quantitative estimate of drug-likeness (QED) is 0.729. The van der Waals surface area contributed by atoms with Crippen LogP contribution in [0, 0.1) is 11.3 Å². The highest BCUT2D eigenvalue weighted by Gasteiger charge is 2.17. The van der Waals surface area contributed by atoms with Crippen molar-refractivity contribution in [3.63, 3.8) is 0 Å². The van der Waals surface area contributed by atoms with Crippen LogP contribution < -0.4 is 18.8 Å². The van der Waals surface area contributed by atoms with E-state index >= 15 is 0 Å². The van der Waals surface area contributed by atoms with E-state index in [2.05, 4.69) is 29.8 Å². The molecule has 0 bridgehead atoms. The Bertz CT molecular complexity index is 965. The van der Waals surface area contributed by atoms with Gasteiger partial charge in [-0.1, -0.05) is 0 Å². The fourth-order valence-electron chi connectivity index (χ4n) is 2.63. The Hall–Kier alpha value is -2.65. The molecule has 0 aliphatic carbocycles. The van der Waals surface area contributed by atoms with Crippen molar-refractivity contribution >= 4 is 34.5 Å².